The molecule has 0 saturated carbocycles. The van der Waals surface area contributed by atoms with Gasteiger partial charge in [-0.25, -0.2) is 0 Å². The van der Waals surface area contributed by atoms with E-state index in [1.54, 1.807) is 0 Å². The van der Waals surface area contributed by atoms with E-state index >= 15 is 0 Å². The average Bonchev–Trinajstić information content (AvgIpc) is 3.03. The van der Waals surface area contributed by atoms with Gasteiger partial charge in [0.2, 0.25) is 5.91 Å². The molecule has 0 aliphatic rings. The molecule has 0 radical (unpaired) electrons. The number of nitrogens with zero attached hydrogens (tertiary/aromatic N) is 1. The number of rotatable bonds is 6. The highest BCUT2D eigenvalue weighted by molar-refractivity contribution is 5.87. The number of fused-ring (bicyclic) bond motifs is 1. The van der Waals surface area contributed by atoms with Crippen molar-refractivity contribution in [2.75, 3.05) is 6.61 Å². The van der Waals surface area contributed by atoms with Gasteiger partial charge in [0.1, 0.15) is 0 Å². The number of aliphatic hydroxyl groups is 1. The topological polar surface area (TPSA) is 78.0 Å². The largest absolute Gasteiger partial charge is 0.394 e. The summed E-state index contributed by atoms with van der Waals surface area (Å²) in [5.41, 5.74) is 3.75. The second-order valence-electron chi connectivity index (χ2n) is 5.79. The van der Waals surface area contributed by atoms with Crippen molar-refractivity contribution in [1.82, 2.24) is 15.5 Å². The Hall–Kier alpha value is -2.66. The molecular formula is C19H21N3O2. The summed E-state index contributed by atoms with van der Waals surface area (Å²) in [6.07, 6.45) is 1.16. The number of nitrogens with one attached hydrogen (secondary N) is 2. The van der Waals surface area contributed by atoms with Gasteiger partial charge in [0, 0.05) is 5.39 Å². The molecule has 1 atom stereocenters. The lowest BCUT2D eigenvalue weighted by atomic mass is 10.0. The Balaban J connectivity index is 1.70. The van der Waals surface area contributed by atoms with Crippen molar-refractivity contribution >= 4 is 16.8 Å². The minimum absolute atomic E-state index is 0.138. The van der Waals surface area contributed by atoms with Crippen LogP contribution in [0.2, 0.25) is 0 Å². The zero-order valence-corrected chi connectivity index (χ0v) is 13.6. The van der Waals surface area contributed by atoms with Crippen LogP contribution in [-0.2, 0) is 17.6 Å². The van der Waals surface area contributed by atoms with E-state index in [2.05, 4.69) is 22.4 Å². The fourth-order valence-corrected chi connectivity index (χ4v) is 2.77. The predicted octanol–water partition coefficient (Wildman–Crippen LogP) is 2.52. The quantitative estimate of drug-likeness (QED) is 0.652. The number of hydrogen-bond donors (Lipinski definition) is 3. The average molecular weight is 323 g/mol. The molecule has 0 bridgehead atoms. The lowest BCUT2D eigenvalue weighted by molar-refractivity contribution is -0.121. The van der Waals surface area contributed by atoms with Gasteiger partial charge in [-0.3, -0.25) is 9.89 Å². The van der Waals surface area contributed by atoms with Crippen LogP contribution in [0.1, 0.15) is 29.8 Å². The van der Waals surface area contributed by atoms with Gasteiger partial charge >= 0.3 is 0 Å². The van der Waals surface area contributed by atoms with Crippen LogP contribution >= 0.6 is 0 Å². The number of benzene rings is 2. The van der Waals surface area contributed by atoms with Gasteiger partial charge in [0.25, 0.3) is 0 Å². The third-order valence-corrected chi connectivity index (χ3v) is 4.19. The minimum Gasteiger partial charge on any atom is -0.394 e. The molecule has 1 amide bonds. The molecular weight excluding hydrogens is 302 g/mol. The normalized spacial score (nSPS) is 12.2. The molecule has 3 aromatic rings. The number of para-hydroxylation sites is 1. The van der Waals surface area contributed by atoms with Crippen LogP contribution in [0, 0.1) is 0 Å². The molecule has 124 valence electrons. The Morgan fingerprint density at radius 1 is 1.21 bits per heavy atom. The lowest BCUT2D eigenvalue weighted by Crippen LogP contribution is -2.32. The number of amides is 1. The third kappa shape index (κ3) is 3.46. The summed E-state index contributed by atoms with van der Waals surface area (Å²) < 4.78 is 0. The Labute approximate surface area is 140 Å². The number of aliphatic hydroxyl groups excluding tert-OH is 1. The smallest absolute Gasteiger partial charge is 0.226 e. The van der Waals surface area contributed by atoms with Crippen molar-refractivity contribution in [3.63, 3.8) is 0 Å². The Morgan fingerprint density at radius 3 is 2.67 bits per heavy atom. The molecule has 0 fully saturated rings. The molecule has 0 aliphatic carbocycles. The monoisotopic (exact) mass is 323 g/mol. The van der Waals surface area contributed by atoms with Gasteiger partial charge in [-0.1, -0.05) is 49.4 Å². The highest BCUT2D eigenvalue weighted by Crippen LogP contribution is 2.17. The first-order valence-corrected chi connectivity index (χ1v) is 8.12. The van der Waals surface area contributed by atoms with E-state index in [4.69, 9.17) is 0 Å². The van der Waals surface area contributed by atoms with E-state index in [1.807, 2.05) is 48.5 Å². The van der Waals surface area contributed by atoms with E-state index in [9.17, 15) is 9.90 Å². The second kappa shape index (κ2) is 7.27. The van der Waals surface area contributed by atoms with E-state index in [1.165, 1.54) is 5.56 Å². The van der Waals surface area contributed by atoms with Crippen LogP contribution in [0.4, 0.5) is 0 Å². The van der Waals surface area contributed by atoms with E-state index < -0.39 is 6.04 Å². The molecule has 24 heavy (non-hydrogen) atoms. The van der Waals surface area contributed by atoms with Crippen molar-refractivity contribution in [1.29, 1.82) is 0 Å². The number of aryl methyl sites for hydroxylation is 1. The first kappa shape index (κ1) is 16.2. The zero-order chi connectivity index (χ0) is 16.9. The SMILES string of the molecule is CCc1ccc(C(CO)NC(=O)Cc2[nH]nc3ccccc23)cc1. The van der Waals surface area contributed by atoms with Crippen molar-refractivity contribution in [2.45, 2.75) is 25.8 Å². The van der Waals surface area contributed by atoms with Crippen molar-refractivity contribution in [3.05, 3.63) is 65.4 Å². The minimum atomic E-state index is -0.405. The number of carbonyl (C=O) groups is 1. The number of hydrogen-bond acceptors (Lipinski definition) is 3. The van der Waals surface area contributed by atoms with Crippen LogP contribution in [-0.4, -0.2) is 27.8 Å². The summed E-state index contributed by atoms with van der Waals surface area (Å²) >= 11 is 0. The van der Waals surface area contributed by atoms with Gasteiger partial charge in [0.15, 0.2) is 0 Å². The number of carbonyl (C=O) groups excluding carboxylic acids is 1. The Kier molecular flexibility index (Phi) is 4.91. The number of aromatic nitrogens is 2. The summed E-state index contributed by atoms with van der Waals surface area (Å²) in [6, 6.07) is 15.2. The molecule has 0 aliphatic heterocycles. The van der Waals surface area contributed by atoms with Gasteiger partial charge in [-0.15, -0.1) is 0 Å². The maximum Gasteiger partial charge on any atom is 0.226 e. The van der Waals surface area contributed by atoms with Crippen molar-refractivity contribution in [3.8, 4) is 0 Å². The van der Waals surface area contributed by atoms with E-state index in [0.717, 1.165) is 28.6 Å². The van der Waals surface area contributed by atoms with Crippen LogP contribution in [0.5, 0.6) is 0 Å². The molecule has 1 unspecified atom stereocenters. The summed E-state index contributed by atoms with van der Waals surface area (Å²) in [7, 11) is 0. The fraction of sp³-hybridized carbons (Fsp3) is 0.263. The summed E-state index contributed by atoms with van der Waals surface area (Å²) in [5, 5.41) is 20.6. The molecule has 5 heteroatoms. The summed E-state index contributed by atoms with van der Waals surface area (Å²) in [6.45, 7) is 1.95. The molecule has 1 heterocycles. The highest BCUT2D eigenvalue weighted by atomic mass is 16.3. The van der Waals surface area contributed by atoms with Gasteiger partial charge < -0.3 is 10.4 Å². The second-order valence-corrected chi connectivity index (χ2v) is 5.79. The number of H-pyrrole nitrogens is 1. The van der Waals surface area contributed by atoms with Crippen molar-refractivity contribution < 1.29 is 9.90 Å². The van der Waals surface area contributed by atoms with E-state index in [0.29, 0.717) is 0 Å². The van der Waals surface area contributed by atoms with Gasteiger partial charge in [0.05, 0.1) is 30.3 Å². The molecule has 5 nitrogen and oxygen atoms in total. The van der Waals surface area contributed by atoms with Gasteiger partial charge in [-0.05, 0) is 23.6 Å². The molecule has 3 rings (SSSR count). The first-order chi connectivity index (χ1) is 11.7. The predicted molar refractivity (Wildman–Crippen MR) is 93.6 cm³/mol. The maximum absolute atomic E-state index is 12.3. The molecule has 0 saturated heterocycles. The van der Waals surface area contributed by atoms with Crippen LogP contribution in [0.15, 0.2) is 48.5 Å². The van der Waals surface area contributed by atoms with E-state index in [-0.39, 0.29) is 18.9 Å². The Bertz CT molecular complexity index is 824. The Morgan fingerprint density at radius 2 is 1.96 bits per heavy atom. The molecule has 2 aromatic carbocycles. The maximum atomic E-state index is 12.3. The number of aromatic amines is 1. The van der Waals surface area contributed by atoms with Crippen LogP contribution in [0.3, 0.4) is 0 Å². The van der Waals surface area contributed by atoms with Gasteiger partial charge in [-0.2, -0.15) is 5.10 Å². The summed E-state index contributed by atoms with van der Waals surface area (Å²) in [4.78, 5) is 12.3. The molecule has 3 N–H and O–H groups in total. The van der Waals surface area contributed by atoms with Crippen LogP contribution < -0.4 is 5.32 Å². The zero-order valence-electron chi connectivity index (χ0n) is 13.6. The fourth-order valence-electron chi connectivity index (χ4n) is 2.77. The van der Waals surface area contributed by atoms with Crippen LogP contribution in [0.25, 0.3) is 10.9 Å². The summed E-state index contributed by atoms with van der Waals surface area (Å²) in [5.74, 6) is -0.150. The highest BCUT2D eigenvalue weighted by Gasteiger charge is 2.16. The molecule has 1 aromatic heterocycles. The first-order valence-electron chi connectivity index (χ1n) is 8.12. The lowest BCUT2D eigenvalue weighted by Gasteiger charge is -2.17. The third-order valence-electron chi connectivity index (χ3n) is 4.19. The molecule has 0 spiro atoms. The van der Waals surface area contributed by atoms with Crippen molar-refractivity contribution in [2.24, 2.45) is 0 Å². The standard InChI is InChI=1S/C19H21N3O2/c1-2-13-7-9-14(10-8-13)18(12-23)20-19(24)11-17-15-5-3-4-6-16(15)21-22-17/h3-10,18,23H,2,11-12H2,1H3,(H,20,24)(H,21,22).